The molecule has 1 saturated heterocycles. The second kappa shape index (κ2) is 6.14. The monoisotopic (exact) mass is 265 g/mol. The Morgan fingerprint density at radius 1 is 1.37 bits per heavy atom. The molecule has 7 heteroatoms. The summed E-state index contributed by atoms with van der Waals surface area (Å²) in [7, 11) is 0. The van der Waals surface area contributed by atoms with Gasteiger partial charge in [-0.05, 0) is 6.07 Å². The van der Waals surface area contributed by atoms with Crippen molar-refractivity contribution in [2.24, 2.45) is 0 Å². The summed E-state index contributed by atoms with van der Waals surface area (Å²) in [6.45, 7) is 2.58. The van der Waals surface area contributed by atoms with Crippen molar-refractivity contribution in [3.63, 3.8) is 0 Å². The molecule has 1 aliphatic heterocycles. The van der Waals surface area contributed by atoms with E-state index in [1.54, 1.807) is 23.1 Å². The third kappa shape index (κ3) is 3.41. The average molecular weight is 265 g/mol. The van der Waals surface area contributed by atoms with Gasteiger partial charge in [0.1, 0.15) is 6.61 Å². The number of para-hydroxylation sites is 1. The lowest BCUT2D eigenvalue weighted by atomic mass is 10.2. The van der Waals surface area contributed by atoms with Crippen molar-refractivity contribution in [3.8, 4) is 0 Å². The Morgan fingerprint density at radius 3 is 2.74 bits per heavy atom. The van der Waals surface area contributed by atoms with Crippen molar-refractivity contribution in [3.05, 3.63) is 39.9 Å². The maximum absolute atomic E-state index is 11.8. The molecule has 0 radical (unpaired) electrons. The molecule has 1 fully saturated rings. The summed E-state index contributed by atoms with van der Waals surface area (Å²) >= 11 is 0. The SMILES string of the molecule is O=C(OCc1ccccc1[N+](=O)[O-])N1CCNCC1. The zero-order valence-corrected chi connectivity index (χ0v) is 10.4. The van der Waals surface area contributed by atoms with E-state index in [0.717, 1.165) is 13.1 Å². The smallest absolute Gasteiger partial charge is 0.410 e. The molecule has 0 spiro atoms. The standard InChI is InChI=1S/C12H15N3O4/c16-12(14-7-5-13-6-8-14)19-9-10-3-1-2-4-11(10)15(17)18/h1-4,13H,5-9H2. The zero-order chi connectivity index (χ0) is 13.7. The van der Waals surface area contributed by atoms with E-state index in [-0.39, 0.29) is 12.3 Å². The van der Waals surface area contributed by atoms with Crippen molar-refractivity contribution in [2.45, 2.75) is 6.61 Å². The Hall–Kier alpha value is -2.15. The Labute approximate surface area is 110 Å². The van der Waals surface area contributed by atoms with Crippen LogP contribution in [0.3, 0.4) is 0 Å². The fraction of sp³-hybridized carbons (Fsp3) is 0.417. The van der Waals surface area contributed by atoms with Gasteiger partial charge in [0.25, 0.3) is 5.69 Å². The number of rotatable bonds is 3. The van der Waals surface area contributed by atoms with E-state index >= 15 is 0 Å². The fourth-order valence-electron chi connectivity index (χ4n) is 1.89. The van der Waals surface area contributed by atoms with Crippen molar-refractivity contribution < 1.29 is 14.5 Å². The highest BCUT2D eigenvalue weighted by atomic mass is 16.6. The molecule has 7 nitrogen and oxygen atoms in total. The first kappa shape index (κ1) is 13.3. The Kier molecular flexibility index (Phi) is 4.30. The molecule has 1 aromatic carbocycles. The number of carbonyl (C=O) groups is 1. The van der Waals surface area contributed by atoms with Gasteiger partial charge in [0.05, 0.1) is 10.5 Å². The number of ether oxygens (including phenoxy) is 1. The maximum Gasteiger partial charge on any atom is 0.410 e. The fourth-order valence-corrected chi connectivity index (χ4v) is 1.89. The number of carbonyl (C=O) groups excluding carboxylic acids is 1. The molecule has 19 heavy (non-hydrogen) atoms. The second-order valence-electron chi connectivity index (χ2n) is 4.18. The summed E-state index contributed by atoms with van der Waals surface area (Å²) in [4.78, 5) is 23.7. The van der Waals surface area contributed by atoms with Gasteiger partial charge < -0.3 is 15.0 Å². The van der Waals surface area contributed by atoms with Crippen LogP contribution in [0.15, 0.2) is 24.3 Å². The molecule has 0 atom stereocenters. The first-order valence-corrected chi connectivity index (χ1v) is 6.03. The van der Waals surface area contributed by atoms with Gasteiger partial charge in [-0.2, -0.15) is 0 Å². The van der Waals surface area contributed by atoms with E-state index in [2.05, 4.69) is 5.32 Å². The highest BCUT2D eigenvalue weighted by molar-refractivity contribution is 5.67. The van der Waals surface area contributed by atoms with Crippen LogP contribution in [0.25, 0.3) is 0 Å². The van der Waals surface area contributed by atoms with Crippen LogP contribution in [-0.2, 0) is 11.3 Å². The van der Waals surface area contributed by atoms with Gasteiger partial charge in [0.2, 0.25) is 0 Å². The number of hydrogen-bond acceptors (Lipinski definition) is 5. The minimum absolute atomic E-state index is 0.0318. The highest BCUT2D eigenvalue weighted by Gasteiger charge is 2.19. The summed E-state index contributed by atoms with van der Waals surface area (Å²) in [5.74, 6) is 0. The molecule has 0 aliphatic carbocycles. The van der Waals surface area contributed by atoms with Crippen LogP contribution in [0.1, 0.15) is 5.56 Å². The highest BCUT2D eigenvalue weighted by Crippen LogP contribution is 2.18. The van der Waals surface area contributed by atoms with Gasteiger partial charge in [0, 0.05) is 32.2 Å². The number of nitrogens with one attached hydrogen (secondary N) is 1. The predicted molar refractivity (Wildman–Crippen MR) is 67.7 cm³/mol. The Bertz CT molecular complexity index is 472. The van der Waals surface area contributed by atoms with E-state index in [4.69, 9.17) is 4.74 Å². The van der Waals surface area contributed by atoms with Crippen molar-refractivity contribution in [2.75, 3.05) is 26.2 Å². The Morgan fingerprint density at radius 2 is 2.05 bits per heavy atom. The van der Waals surface area contributed by atoms with Crippen molar-refractivity contribution in [1.82, 2.24) is 10.2 Å². The minimum Gasteiger partial charge on any atom is -0.444 e. The minimum atomic E-state index is -0.478. The molecule has 0 saturated carbocycles. The van der Waals surface area contributed by atoms with E-state index < -0.39 is 11.0 Å². The number of benzene rings is 1. The van der Waals surface area contributed by atoms with E-state index in [9.17, 15) is 14.9 Å². The molecule has 0 aromatic heterocycles. The van der Waals surface area contributed by atoms with Gasteiger partial charge in [-0.25, -0.2) is 4.79 Å². The molecule has 0 bridgehead atoms. The second-order valence-corrected chi connectivity index (χ2v) is 4.18. The molecule has 1 N–H and O–H groups in total. The van der Waals surface area contributed by atoms with Gasteiger partial charge in [-0.3, -0.25) is 10.1 Å². The van der Waals surface area contributed by atoms with Crippen LogP contribution in [0.5, 0.6) is 0 Å². The van der Waals surface area contributed by atoms with Gasteiger partial charge in [0.15, 0.2) is 0 Å². The zero-order valence-electron chi connectivity index (χ0n) is 10.4. The third-order valence-corrected chi connectivity index (χ3v) is 2.91. The van der Waals surface area contributed by atoms with Gasteiger partial charge in [-0.1, -0.05) is 12.1 Å². The van der Waals surface area contributed by atoms with E-state index in [1.807, 2.05) is 0 Å². The van der Waals surface area contributed by atoms with Crippen molar-refractivity contribution in [1.29, 1.82) is 0 Å². The molecule has 0 unspecified atom stereocenters. The van der Waals surface area contributed by atoms with Crippen molar-refractivity contribution >= 4 is 11.8 Å². The summed E-state index contributed by atoms with van der Waals surface area (Å²) in [6.07, 6.45) is -0.431. The molecule has 1 aliphatic rings. The van der Waals surface area contributed by atoms with Crippen LogP contribution >= 0.6 is 0 Å². The first-order valence-electron chi connectivity index (χ1n) is 6.03. The van der Waals surface area contributed by atoms with Crippen LogP contribution in [-0.4, -0.2) is 42.1 Å². The summed E-state index contributed by atoms with van der Waals surface area (Å²) in [5, 5.41) is 13.9. The Balaban J connectivity index is 1.94. The lowest BCUT2D eigenvalue weighted by Crippen LogP contribution is -2.46. The summed E-state index contributed by atoms with van der Waals surface area (Å²) < 4.78 is 5.11. The normalized spacial score (nSPS) is 15.1. The van der Waals surface area contributed by atoms with Gasteiger partial charge >= 0.3 is 6.09 Å². The predicted octanol–water partition coefficient (Wildman–Crippen LogP) is 1.14. The number of nitrogens with zero attached hydrogens (tertiary/aromatic N) is 2. The maximum atomic E-state index is 11.8. The quantitative estimate of drug-likeness (QED) is 0.654. The summed E-state index contributed by atoms with van der Waals surface area (Å²) in [5.41, 5.74) is 0.367. The molecule has 1 aromatic rings. The number of hydrogen-bond donors (Lipinski definition) is 1. The molecule has 102 valence electrons. The van der Waals surface area contributed by atoms with Crippen LogP contribution in [0.2, 0.25) is 0 Å². The van der Waals surface area contributed by atoms with Crippen LogP contribution in [0.4, 0.5) is 10.5 Å². The van der Waals surface area contributed by atoms with Gasteiger partial charge in [-0.15, -0.1) is 0 Å². The number of piperazine rings is 1. The number of amides is 1. The first-order chi connectivity index (χ1) is 9.18. The third-order valence-electron chi connectivity index (χ3n) is 2.91. The van der Waals surface area contributed by atoms with Crippen LogP contribution < -0.4 is 5.32 Å². The number of nitro groups is 1. The lowest BCUT2D eigenvalue weighted by molar-refractivity contribution is -0.385. The molecular formula is C12H15N3O4. The molecule has 1 amide bonds. The molecule has 1 heterocycles. The van der Waals surface area contributed by atoms with E-state index in [0.29, 0.717) is 18.7 Å². The molecule has 2 rings (SSSR count). The number of nitro benzene ring substituents is 1. The van der Waals surface area contributed by atoms with E-state index in [1.165, 1.54) is 6.07 Å². The molecular weight excluding hydrogens is 250 g/mol. The van der Waals surface area contributed by atoms with Crippen LogP contribution in [0, 0.1) is 10.1 Å². The topological polar surface area (TPSA) is 84.7 Å². The summed E-state index contributed by atoms with van der Waals surface area (Å²) in [6, 6.07) is 6.25. The average Bonchev–Trinajstić information content (AvgIpc) is 2.46. The largest absolute Gasteiger partial charge is 0.444 e. The lowest BCUT2D eigenvalue weighted by Gasteiger charge is -2.26.